The van der Waals surface area contributed by atoms with Crippen LogP contribution in [0, 0.1) is 0 Å². The highest BCUT2D eigenvalue weighted by Gasteiger charge is 2.12. The van der Waals surface area contributed by atoms with Crippen molar-refractivity contribution in [2.45, 2.75) is 6.42 Å². The number of H-pyrrole nitrogens is 1. The molecule has 0 aliphatic heterocycles. The zero-order valence-corrected chi connectivity index (χ0v) is 14.7. The van der Waals surface area contributed by atoms with Crippen molar-refractivity contribution in [2.75, 3.05) is 10.6 Å². The number of hydrogen-bond donors (Lipinski definition) is 4. The van der Waals surface area contributed by atoms with Gasteiger partial charge in [-0.15, -0.1) is 0 Å². The van der Waals surface area contributed by atoms with E-state index in [9.17, 15) is 14.4 Å². The van der Waals surface area contributed by atoms with E-state index in [1.54, 1.807) is 24.3 Å². The van der Waals surface area contributed by atoms with E-state index in [0.29, 0.717) is 21.7 Å². The van der Waals surface area contributed by atoms with Gasteiger partial charge >= 0.3 is 5.97 Å². The molecule has 2 amide bonds. The maximum absolute atomic E-state index is 12.1. The van der Waals surface area contributed by atoms with E-state index in [-0.39, 0.29) is 5.91 Å². The second kappa shape index (κ2) is 7.42. The Morgan fingerprint density at radius 1 is 1.09 bits per heavy atom. The van der Waals surface area contributed by atoms with Crippen molar-refractivity contribution in [3.63, 3.8) is 0 Å². The van der Waals surface area contributed by atoms with Gasteiger partial charge in [0.25, 0.3) is 5.91 Å². The first-order chi connectivity index (χ1) is 10.8. The quantitative estimate of drug-likeness (QED) is 0.530. The molecule has 2 rings (SSSR count). The second-order valence-corrected chi connectivity index (χ2v) is 6.15. The molecule has 0 aliphatic rings. The molecule has 4 N–H and O–H groups in total. The third-order valence-electron chi connectivity index (χ3n) is 2.69. The number of carboxylic acid groups (broad SMARTS) is 1. The van der Waals surface area contributed by atoms with Crippen LogP contribution in [0.25, 0.3) is 0 Å². The number of aromatic amines is 1. The zero-order valence-electron chi connectivity index (χ0n) is 11.5. The van der Waals surface area contributed by atoms with Crippen molar-refractivity contribution in [1.82, 2.24) is 4.98 Å². The largest absolute Gasteiger partial charge is 0.481 e. The Labute approximate surface area is 147 Å². The Bertz CT molecular complexity index is 754. The molecule has 0 fully saturated rings. The summed E-state index contributed by atoms with van der Waals surface area (Å²) in [5.41, 5.74) is 1.21. The minimum atomic E-state index is -1.21. The van der Waals surface area contributed by atoms with Crippen molar-refractivity contribution in [1.29, 1.82) is 0 Å². The Balaban J connectivity index is 2.06. The number of halogens is 2. The first kappa shape index (κ1) is 17.2. The lowest BCUT2D eigenvalue weighted by atomic mass is 10.2. The fourth-order valence-electron chi connectivity index (χ4n) is 1.74. The number of aromatic nitrogens is 1. The number of carbonyl (C=O) groups is 3. The van der Waals surface area contributed by atoms with Crippen molar-refractivity contribution in [3.05, 3.63) is 45.1 Å². The fourth-order valence-corrected chi connectivity index (χ4v) is 2.40. The third-order valence-corrected chi connectivity index (χ3v) is 4.47. The van der Waals surface area contributed by atoms with Gasteiger partial charge in [-0.25, -0.2) is 0 Å². The summed E-state index contributed by atoms with van der Waals surface area (Å²) < 4.78 is 1.37. The van der Waals surface area contributed by atoms with E-state index in [2.05, 4.69) is 47.5 Å². The van der Waals surface area contributed by atoms with Crippen molar-refractivity contribution in [3.8, 4) is 0 Å². The molecule has 0 radical (unpaired) electrons. The molecule has 1 heterocycles. The molecular formula is C14H11Br2N3O4. The minimum absolute atomic E-state index is 0.351. The van der Waals surface area contributed by atoms with Crippen LogP contribution < -0.4 is 10.6 Å². The Morgan fingerprint density at radius 2 is 1.74 bits per heavy atom. The molecule has 0 atom stereocenters. The van der Waals surface area contributed by atoms with E-state index in [0.717, 1.165) is 4.47 Å². The zero-order chi connectivity index (χ0) is 17.0. The molecule has 2 aromatic rings. The molecule has 0 unspecified atom stereocenters. The maximum atomic E-state index is 12.1. The second-order valence-electron chi connectivity index (χ2n) is 4.50. The summed E-state index contributed by atoms with van der Waals surface area (Å²) in [5.74, 6) is -2.21. The van der Waals surface area contributed by atoms with Crippen molar-refractivity contribution in [2.24, 2.45) is 0 Å². The predicted molar refractivity (Wildman–Crippen MR) is 91.5 cm³/mol. The molecule has 0 saturated carbocycles. The van der Waals surface area contributed by atoms with E-state index in [1.165, 1.54) is 6.07 Å². The van der Waals surface area contributed by atoms with Gasteiger partial charge < -0.3 is 20.7 Å². The van der Waals surface area contributed by atoms with Crippen LogP contribution in [-0.4, -0.2) is 27.9 Å². The van der Waals surface area contributed by atoms with Gasteiger partial charge in [0.05, 0.1) is 9.08 Å². The average Bonchev–Trinajstić information content (AvgIpc) is 2.78. The number of amides is 2. The number of carbonyl (C=O) groups excluding carboxylic acids is 2. The van der Waals surface area contributed by atoms with Gasteiger partial charge in [0.15, 0.2) is 0 Å². The summed E-state index contributed by atoms with van der Waals surface area (Å²) in [6.07, 6.45) is -0.624. The monoisotopic (exact) mass is 443 g/mol. The first-order valence-electron chi connectivity index (χ1n) is 6.32. The molecule has 7 nitrogen and oxygen atoms in total. The van der Waals surface area contributed by atoms with Crippen LogP contribution in [0.5, 0.6) is 0 Å². The molecule has 0 spiro atoms. The van der Waals surface area contributed by atoms with Gasteiger partial charge in [-0.05, 0) is 56.1 Å². The van der Waals surface area contributed by atoms with Gasteiger partial charge in [-0.3, -0.25) is 14.4 Å². The highest BCUT2D eigenvalue weighted by Crippen LogP contribution is 2.24. The SMILES string of the molecule is O=C(O)CC(=O)Nc1cccc(NC(=O)c2cc(Br)c(Br)[nH]2)c1. The topological polar surface area (TPSA) is 111 Å². The molecule has 1 aromatic carbocycles. The number of hydrogen-bond acceptors (Lipinski definition) is 3. The van der Waals surface area contributed by atoms with Crippen LogP contribution in [0.4, 0.5) is 11.4 Å². The molecule has 0 bridgehead atoms. The van der Waals surface area contributed by atoms with Gasteiger partial charge in [-0.1, -0.05) is 6.07 Å². The number of anilines is 2. The minimum Gasteiger partial charge on any atom is -0.481 e. The normalized spacial score (nSPS) is 10.2. The Kier molecular flexibility index (Phi) is 5.56. The number of benzene rings is 1. The molecule has 9 heteroatoms. The average molecular weight is 445 g/mol. The van der Waals surface area contributed by atoms with Crippen LogP contribution in [0.2, 0.25) is 0 Å². The van der Waals surface area contributed by atoms with E-state index >= 15 is 0 Å². The van der Waals surface area contributed by atoms with Crippen molar-refractivity contribution >= 4 is 61.0 Å². The highest BCUT2D eigenvalue weighted by molar-refractivity contribution is 9.13. The van der Waals surface area contributed by atoms with Crippen LogP contribution >= 0.6 is 31.9 Å². The van der Waals surface area contributed by atoms with Crippen LogP contribution in [0.15, 0.2) is 39.4 Å². The van der Waals surface area contributed by atoms with Gasteiger partial charge in [-0.2, -0.15) is 0 Å². The predicted octanol–water partition coefficient (Wildman–Crippen LogP) is 3.21. The summed E-state index contributed by atoms with van der Waals surface area (Å²) in [7, 11) is 0. The molecule has 1 aromatic heterocycles. The van der Waals surface area contributed by atoms with Gasteiger partial charge in [0.1, 0.15) is 12.1 Å². The summed E-state index contributed by atoms with van der Waals surface area (Å²) in [4.78, 5) is 36.9. The number of aliphatic carboxylic acids is 1. The summed E-state index contributed by atoms with van der Waals surface area (Å²) >= 11 is 6.52. The maximum Gasteiger partial charge on any atom is 0.312 e. The number of carboxylic acids is 1. The molecular weight excluding hydrogens is 434 g/mol. The number of nitrogens with one attached hydrogen (secondary N) is 3. The smallest absolute Gasteiger partial charge is 0.312 e. The Morgan fingerprint density at radius 3 is 2.30 bits per heavy atom. The van der Waals surface area contributed by atoms with Crippen LogP contribution in [0.1, 0.15) is 16.9 Å². The molecule has 120 valence electrons. The lowest BCUT2D eigenvalue weighted by Crippen LogP contribution is -2.16. The van der Waals surface area contributed by atoms with E-state index < -0.39 is 18.3 Å². The summed E-state index contributed by atoms with van der Waals surface area (Å²) in [6, 6.07) is 8.03. The fraction of sp³-hybridized carbons (Fsp3) is 0.0714. The molecule has 0 aliphatic carbocycles. The van der Waals surface area contributed by atoms with Crippen molar-refractivity contribution < 1.29 is 19.5 Å². The highest BCUT2D eigenvalue weighted by atomic mass is 79.9. The van der Waals surface area contributed by atoms with Gasteiger partial charge in [0, 0.05) is 11.4 Å². The summed E-state index contributed by atoms with van der Waals surface area (Å²) in [6.45, 7) is 0. The van der Waals surface area contributed by atoms with E-state index in [4.69, 9.17) is 5.11 Å². The third kappa shape index (κ3) is 4.93. The van der Waals surface area contributed by atoms with Gasteiger partial charge in [0.2, 0.25) is 5.91 Å². The lowest BCUT2D eigenvalue weighted by molar-refractivity contribution is -0.139. The molecule has 23 heavy (non-hydrogen) atoms. The number of rotatable bonds is 5. The summed E-state index contributed by atoms with van der Waals surface area (Å²) in [5, 5.41) is 13.7. The van der Waals surface area contributed by atoms with E-state index in [1.807, 2.05) is 0 Å². The standard InChI is InChI=1S/C14H11Br2N3O4/c15-9-5-10(19-13(9)16)14(23)18-8-3-1-2-7(4-8)17-11(20)6-12(21)22/h1-5,19H,6H2,(H,17,20)(H,18,23)(H,21,22). The molecule has 0 saturated heterocycles. The van der Waals surface area contributed by atoms with Crippen LogP contribution in [0.3, 0.4) is 0 Å². The Hall–Kier alpha value is -2.13. The first-order valence-corrected chi connectivity index (χ1v) is 7.91. The lowest BCUT2D eigenvalue weighted by Gasteiger charge is -2.07. The van der Waals surface area contributed by atoms with Crippen LogP contribution in [-0.2, 0) is 9.59 Å².